The van der Waals surface area contributed by atoms with Crippen LogP contribution in [-0.4, -0.2) is 49.9 Å². The minimum absolute atomic E-state index is 0.0317. The molecule has 2 aliphatic rings. The number of aromatic nitrogens is 2. The van der Waals surface area contributed by atoms with E-state index in [0.29, 0.717) is 19.1 Å². The SMILES string of the molecule is O=[N+]([O-])c1cnn(CC(O)CN2CCC3CCCCC32)c1. The summed E-state index contributed by atoms with van der Waals surface area (Å²) in [5.74, 6) is 0.803. The molecule has 1 aromatic rings. The van der Waals surface area contributed by atoms with Crippen molar-refractivity contribution in [2.45, 2.75) is 50.8 Å². The van der Waals surface area contributed by atoms with E-state index in [1.54, 1.807) is 0 Å². The molecule has 0 amide bonds. The first-order valence-corrected chi connectivity index (χ1v) is 7.72. The van der Waals surface area contributed by atoms with Crippen molar-refractivity contribution in [3.8, 4) is 0 Å². The zero-order valence-electron chi connectivity index (χ0n) is 12.1. The molecule has 0 aromatic carbocycles. The zero-order valence-corrected chi connectivity index (χ0v) is 12.1. The van der Waals surface area contributed by atoms with Crippen molar-refractivity contribution in [1.29, 1.82) is 0 Å². The van der Waals surface area contributed by atoms with Crippen molar-refractivity contribution in [1.82, 2.24) is 14.7 Å². The Kier molecular flexibility index (Phi) is 4.21. The predicted octanol–water partition coefficient (Wildman–Crippen LogP) is 1.42. The molecule has 1 saturated heterocycles. The van der Waals surface area contributed by atoms with Crippen LogP contribution in [0.15, 0.2) is 12.4 Å². The minimum atomic E-state index is -0.537. The van der Waals surface area contributed by atoms with Crippen LogP contribution in [0.2, 0.25) is 0 Å². The number of nitro groups is 1. The molecule has 3 rings (SSSR count). The Balaban J connectivity index is 1.53. The van der Waals surface area contributed by atoms with Gasteiger partial charge in [0, 0.05) is 12.6 Å². The highest BCUT2D eigenvalue weighted by molar-refractivity contribution is 5.20. The van der Waals surface area contributed by atoms with Gasteiger partial charge in [-0.25, -0.2) is 0 Å². The van der Waals surface area contributed by atoms with Crippen molar-refractivity contribution in [3.05, 3.63) is 22.5 Å². The van der Waals surface area contributed by atoms with Gasteiger partial charge in [-0.2, -0.15) is 5.10 Å². The van der Waals surface area contributed by atoms with E-state index in [-0.39, 0.29) is 5.69 Å². The summed E-state index contributed by atoms with van der Waals surface area (Å²) in [5, 5.41) is 24.8. The number of nitrogens with zero attached hydrogens (tertiary/aromatic N) is 4. The average Bonchev–Trinajstić information content (AvgIpc) is 3.07. The van der Waals surface area contributed by atoms with E-state index in [0.717, 1.165) is 12.5 Å². The van der Waals surface area contributed by atoms with Gasteiger partial charge in [0.1, 0.15) is 12.4 Å². The summed E-state index contributed by atoms with van der Waals surface area (Å²) in [4.78, 5) is 12.5. The molecule has 1 aliphatic heterocycles. The Labute approximate surface area is 123 Å². The molecule has 3 atom stereocenters. The molecule has 2 fully saturated rings. The van der Waals surface area contributed by atoms with Gasteiger partial charge in [0.05, 0.1) is 17.6 Å². The summed E-state index contributed by atoms with van der Waals surface area (Å²) >= 11 is 0. The van der Waals surface area contributed by atoms with Crippen molar-refractivity contribution in [2.24, 2.45) is 5.92 Å². The minimum Gasteiger partial charge on any atom is -0.390 e. The number of rotatable bonds is 5. The first-order chi connectivity index (χ1) is 10.1. The van der Waals surface area contributed by atoms with E-state index in [1.165, 1.54) is 49.2 Å². The van der Waals surface area contributed by atoms with E-state index in [4.69, 9.17) is 0 Å². The van der Waals surface area contributed by atoms with Gasteiger partial charge in [0.25, 0.3) is 0 Å². The highest BCUT2D eigenvalue weighted by atomic mass is 16.6. The summed E-state index contributed by atoms with van der Waals surface area (Å²) in [6.45, 7) is 2.00. The van der Waals surface area contributed by atoms with Crippen LogP contribution in [0.3, 0.4) is 0 Å². The first-order valence-electron chi connectivity index (χ1n) is 7.72. The maximum absolute atomic E-state index is 10.6. The number of β-amino-alcohol motifs (C(OH)–C–C–N with tert-alkyl or cyclic N) is 1. The lowest BCUT2D eigenvalue weighted by molar-refractivity contribution is -0.385. The maximum atomic E-state index is 10.6. The van der Waals surface area contributed by atoms with Crippen LogP contribution in [0.25, 0.3) is 0 Å². The second kappa shape index (κ2) is 6.11. The van der Waals surface area contributed by atoms with Crippen LogP contribution >= 0.6 is 0 Å². The lowest BCUT2D eigenvalue weighted by Gasteiger charge is -2.32. The number of aliphatic hydroxyl groups excluding tert-OH is 1. The molecule has 2 heterocycles. The molecule has 7 nitrogen and oxygen atoms in total. The Bertz CT molecular complexity index is 504. The second-order valence-corrected chi connectivity index (χ2v) is 6.23. The normalized spacial score (nSPS) is 27.5. The van der Waals surface area contributed by atoms with Gasteiger partial charge in [-0.3, -0.25) is 19.7 Å². The van der Waals surface area contributed by atoms with E-state index < -0.39 is 11.0 Å². The summed E-state index contributed by atoms with van der Waals surface area (Å²) in [5.41, 5.74) is -0.0317. The molecule has 116 valence electrons. The van der Waals surface area contributed by atoms with Crippen molar-refractivity contribution in [2.75, 3.05) is 13.1 Å². The fourth-order valence-electron chi connectivity index (χ4n) is 3.82. The van der Waals surface area contributed by atoms with E-state index in [1.807, 2.05) is 0 Å². The molecule has 3 unspecified atom stereocenters. The summed E-state index contributed by atoms with van der Waals surface area (Å²) in [7, 11) is 0. The molecule has 0 radical (unpaired) electrons. The molecule has 1 saturated carbocycles. The van der Waals surface area contributed by atoms with Crippen LogP contribution in [-0.2, 0) is 6.54 Å². The third-order valence-electron chi connectivity index (χ3n) is 4.80. The van der Waals surface area contributed by atoms with Crippen LogP contribution in [0, 0.1) is 16.0 Å². The summed E-state index contributed by atoms with van der Waals surface area (Å²) in [6, 6.07) is 0.625. The number of hydrogen-bond acceptors (Lipinski definition) is 5. The van der Waals surface area contributed by atoms with Crippen molar-refractivity contribution < 1.29 is 10.0 Å². The van der Waals surface area contributed by atoms with E-state index in [9.17, 15) is 15.2 Å². The van der Waals surface area contributed by atoms with Gasteiger partial charge in [-0.15, -0.1) is 0 Å². The van der Waals surface area contributed by atoms with Crippen molar-refractivity contribution >= 4 is 5.69 Å². The highest BCUT2D eigenvalue weighted by Gasteiger charge is 2.36. The zero-order chi connectivity index (χ0) is 14.8. The summed E-state index contributed by atoms with van der Waals surface area (Å²) < 4.78 is 1.46. The number of fused-ring (bicyclic) bond motifs is 1. The lowest BCUT2D eigenvalue weighted by Crippen LogP contribution is -2.40. The molecule has 0 spiro atoms. The highest BCUT2D eigenvalue weighted by Crippen LogP contribution is 2.36. The van der Waals surface area contributed by atoms with Crippen LogP contribution in [0.5, 0.6) is 0 Å². The van der Waals surface area contributed by atoms with E-state index in [2.05, 4.69) is 10.00 Å². The lowest BCUT2D eigenvalue weighted by atomic mass is 9.85. The predicted molar refractivity (Wildman–Crippen MR) is 76.8 cm³/mol. The first kappa shape index (κ1) is 14.5. The molecule has 0 bridgehead atoms. The molecule has 21 heavy (non-hydrogen) atoms. The molecular weight excluding hydrogens is 272 g/mol. The van der Waals surface area contributed by atoms with E-state index >= 15 is 0 Å². The van der Waals surface area contributed by atoms with Crippen LogP contribution < -0.4 is 0 Å². The molecule has 7 heteroatoms. The number of hydrogen-bond donors (Lipinski definition) is 1. The molecular formula is C14H22N4O3. The fraction of sp³-hybridized carbons (Fsp3) is 0.786. The summed E-state index contributed by atoms with van der Waals surface area (Å²) in [6.07, 6.45) is 8.49. The average molecular weight is 294 g/mol. The van der Waals surface area contributed by atoms with Gasteiger partial charge < -0.3 is 5.11 Å². The van der Waals surface area contributed by atoms with Crippen LogP contribution in [0.4, 0.5) is 5.69 Å². The third kappa shape index (κ3) is 3.24. The Morgan fingerprint density at radius 3 is 2.95 bits per heavy atom. The quantitative estimate of drug-likeness (QED) is 0.655. The van der Waals surface area contributed by atoms with Crippen molar-refractivity contribution in [3.63, 3.8) is 0 Å². The van der Waals surface area contributed by atoms with Gasteiger partial charge in [-0.05, 0) is 31.7 Å². The van der Waals surface area contributed by atoms with Gasteiger partial charge in [0.15, 0.2) is 0 Å². The largest absolute Gasteiger partial charge is 0.390 e. The molecule has 1 aliphatic carbocycles. The maximum Gasteiger partial charge on any atom is 0.306 e. The Morgan fingerprint density at radius 2 is 2.19 bits per heavy atom. The van der Waals surface area contributed by atoms with Gasteiger partial charge in [0.2, 0.25) is 0 Å². The number of aliphatic hydroxyl groups is 1. The molecule has 1 aromatic heterocycles. The standard InChI is InChI=1S/C14H22N4O3/c19-13(10-17-8-12(7-15-17)18(20)21)9-16-6-5-11-3-1-2-4-14(11)16/h7-8,11,13-14,19H,1-6,9-10H2. The van der Waals surface area contributed by atoms with Gasteiger partial charge >= 0.3 is 5.69 Å². The van der Waals surface area contributed by atoms with Crippen LogP contribution in [0.1, 0.15) is 32.1 Å². The Morgan fingerprint density at radius 1 is 1.38 bits per heavy atom. The fourth-order valence-corrected chi connectivity index (χ4v) is 3.82. The Hall–Kier alpha value is -1.47. The number of likely N-dealkylation sites (tertiary alicyclic amines) is 1. The van der Waals surface area contributed by atoms with Gasteiger partial charge in [-0.1, -0.05) is 12.8 Å². The third-order valence-corrected chi connectivity index (χ3v) is 4.80. The second-order valence-electron chi connectivity index (χ2n) is 6.23. The smallest absolute Gasteiger partial charge is 0.306 e. The molecule has 1 N–H and O–H groups in total. The topological polar surface area (TPSA) is 84.4 Å². The monoisotopic (exact) mass is 294 g/mol.